The molecule has 1 fully saturated rings. The van der Waals surface area contributed by atoms with Crippen LogP contribution in [0.15, 0.2) is 52.2 Å². The monoisotopic (exact) mass is 401 g/mol. The lowest BCUT2D eigenvalue weighted by Crippen LogP contribution is -2.39. The first-order valence-corrected chi connectivity index (χ1v) is 9.97. The topological polar surface area (TPSA) is 58.3 Å². The van der Waals surface area contributed by atoms with Gasteiger partial charge in [0.25, 0.3) is 5.91 Å². The van der Waals surface area contributed by atoms with Crippen LogP contribution in [-0.2, 0) is 9.53 Å². The van der Waals surface area contributed by atoms with Crippen molar-refractivity contribution < 1.29 is 13.9 Å². The Kier molecular flexibility index (Phi) is 5.80. The van der Waals surface area contributed by atoms with Gasteiger partial charge in [-0.25, -0.2) is 5.01 Å². The molecule has 148 valence electrons. The summed E-state index contributed by atoms with van der Waals surface area (Å²) in [4.78, 5) is 15.0. The molecule has 1 amide bonds. The Hall–Kier alpha value is -2.15. The molecule has 6 nitrogen and oxygen atoms in total. The van der Waals surface area contributed by atoms with E-state index in [2.05, 4.69) is 5.10 Å². The van der Waals surface area contributed by atoms with Crippen molar-refractivity contribution in [2.75, 3.05) is 26.7 Å². The lowest BCUT2D eigenvalue weighted by atomic mass is 10.0. The highest BCUT2D eigenvalue weighted by Crippen LogP contribution is 2.33. The normalized spacial score (nSPS) is 22.1. The number of halogens is 1. The molecule has 2 aliphatic heterocycles. The van der Waals surface area contributed by atoms with E-state index in [4.69, 9.17) is 20.8 Å². The molecule has 4 rings (SSSR count). The van der Waals surface area contributed by atoms with Crippen LogP contribution in [0.25, 0.3) is 0 Å². The molecule has 0 bridgehead atoms. The Balaban J connectivity index is 1.50. The number of ether oxygens (including phenoxy) is 1. The summed E-state index contributed by atoms with van der Waals surface area (Å²) in [5, 5.41) is 6.89. The Labute approximate surface area is 169 Å². The van der Waals surface area contributed by atoms with Crippen molar-refractivity contribution in [1.29, 1.82) is 0 Å². The number of hydrazone groups is 1. The largest absolute Gasteiger partial charge is 0.467 e. The van der Waals surface area contributed by atoms with Gasteiger partial charge >= 0.3 is 0 Å². The van der Waals surface area contributed by atoms with Crippen molar-refractivity contribution in [1.82, 2.24) is 9.91 Å². The molecule has 0 radical (unpaired) electrons. The molecule has 1 aromatic carbocycles. The molecular weight excluding hydrogens is 378 g/mol. The van der Waals surface area contributed by atoms with Gasteiger partial charge in [-0.1, -0.05) is 23.7 Å². The summed E-state index contributed by atoms with van der Waals surface area (Å²) < 4.78 is 11.3. The summed E-state index contributed by atoms with van der Waals surface area (Å²) in [5.74, 6) is 0.689. The van der Waals surface area contributed by atoms with Crippen LogP contribution in [0.3, 0.4) is 0 Å². The number of carbonyl (C=O) groups is 1. The van der Waals surface area contributed by atoms with Gasteiger partial charge in [0.2, 0.25) is 0 Å². The predicted molar refractivity (Wildman–Crippen MR) is 107 cm³/mol. The minimum Gasteiger partial charge on any atom is -0.467 e. The van der Waals surface area contributed by atoms with Crippen LogP contribution in [0.1, 0.15) is 36.6 Å². The van der Waals surface area contributed by atoms with E-state index in [0.29, 0.717) is 11.4 Å². The minimum absolute atomic E-state index is 0.0501. The van der Waals surface area contributed by atoms with Crippen LogP contribution in [0.5, 0.6) is 0 Å². The quantitative estimate of drug-likeness (QED) is 0.740. The number of rotatable bonds is 6. The molecule has 28 heavy (non-hydrogen) atoms. The number of hydrogen-bond donors (Lipinski definition) is 0. The Morgan fingerprint density at radius 2 is 2.14 bits per heavy atom. The van der Waals surface area contributed by atoms with E-state index in [1.807, 2.05) is 48.3 Å². The fourth-order valence-corrected chi connectivity index (χ4v) is 3.89. The Morgan fingerprint density at radius 3 is 2.82 bits per heavy atom. The SMILES string of the molecule is CN(CC(=O)N1N=C(c2ccc(Cl)cc2)CC1c1ccco1)CC1CCCO1. The van der Waals surface area contributed by atoms with Crippen molar-refractivity contribution in [2.45, 2.75) is 31.4 Å². The fraction of sp³-hybridized carbons (Fsp3) is 0.429. The average Bonchev–Trinajstić information content (AvgIpc) is 3.43. The van der Waals surface area contributed by atoms with Crippen LogP contribution < -0.4 is 0 Å². The Bertz CT molecular complexity index is 829. The molecule has 0 aliphatic carbocycles. The highest BCUT2D eigenvalue weighted by atomic mass is 35.5. The highest BCUT2D eigenvalue weighted by molar-refractivity contribution is 6.30. The van der Waals surface area contributed by atoms with Crippen LogP contribution in [0.4, 0.5) is 0 Å². The molecule has 0 saturated carbocycles. The number of likely N-dealkylation sites (N-methyl/N-ethyl adjacent to an activating group) is 1. The predicted octanol–water partition coefficient (Wildman–Crippen LogP) is 3.72. The molecule has 2 atom stereocenters. The zero-order valence-corrected chi connectivity index (χ0v) is 16.6. The second-order valence-electron chi connectivity index (χ2n) is 7.36. The molecule has 2 unspecified atom stereocenters. The van der Waals surface area contributed by atoms with Gasteiger partial charge in [0.15, 0.2) is 0 Å². The van der Waals surface area contributed by atoms with Crippen LogP contribution in [0, 0.1) is 0 Å². The number of benzene rings is 1. The minimum atomic E-state index is -0.232. The van der Waals surface area contributed by atoms with Crippen LogP contribution >= 0.6 is 11.6 Å². The third-order valence-electron chi connectivity index (χ3n) is 5.16. The molecular formula is C21H24ClN3O3. The van der Waals surface area contributed by atoms with Crippen LogP contribution in [0.2, 0.25) is 5.02 Å². The van der Waals surface area contributed by atoms with E-state index >= 15 is 0 Å². The lowest BCUT2D eigenvalue weighted by Gasteiger charge is -2.24. The molecule has 2 aliphatic rings. The molecule has 1 aromatic heterocycles. The van der Waals surface area contributed by atoms with E-state index in [9.17, 15) is 4.79 Å². The molecule has 0 spiro atoms. The maximum atomic E-state index is 13.0. The van der Waals surface area contributed by atoms with Crippen molar-refractivity contribution in [3.8, 4) is 0 Å². The second-order valence-corrected chi connectivity index (χ2v) is 7.80. The summed E-state index contributed by atoms with van der Waals surface area (Å²) >= 11 is 6.00. The third-order valence-corrected chi connectivity index (χ3v) is 5.41. The first kappa shape index (κ1) is 19.2. The van der Waals surface area contributed by atoms with Gasteiger partial charge in [-0.15, -0.1) is 0 Å². The second kappa shape index (κ2) is 8.47. The van der Waals surface area contributed by atoms with Gasteiger partial charge in [0.1, 0.15) is 11.8 Å². The average molecular weight is 402 g/mol. The molecule has 7 heteroatoms. The van der Waals surface area contributed by atoms with E-state index in [1.54, 1.807) is 11.3 Å². The number of furan rings is 1. The van der Waals surface area contributed by atoms with Crippen molar-refractivity contribution >= 4 is 23.2 Å². The maximum absolute atomic E-state index is 13.0. The fourth-order valence-electron chi connectivity index (χ4n) is 3.76. The zero-order chi connectivity index (χ0) is 19.5. The third kappa shape index (κ3) is 4.29. The smallest absolute Gasteiger partial charge is 0.257 e. The van der Waals surface area contributed by atoms with Gasteiger partial charge in [0, 0.05) is 24.6 Å². The standard InChI is InChI=1S/C21H24ClN3O3/c1-24(13-17-4-2-10-27-17)14-21(26)25-19(20-5-3-11-28-20)12-18(23-25)15-6-8-16(22)9-7-15/h3,5-9,11,17,19H,2,4,10,12-14H2,1H3. The number of nitrogens with zero attached hydrogens (tertiary/aromatic N) is 3. The van der Waals surface area contributed by atoms with E-state index < -0.39 is 0 Å². The van der Waals surface area contributed by atoms with Gasteiger partial charge < -0.3 is 9.15 Å². The van der Waals surface area contributed by atoms with Gasteiger partial charge in [-0.2, -0.15) is 5.10 Å². The van der Waals surface area contributed by atoms with Crippen molar-refractivity contribution in [3.63, 3.8) is 0 Å². The van der Waals surface area contributed by atoms with Gasteiger partial charge in [0.05, 0.1) is 24.6 Å². The van der Waals surface area contributed by atoms with Crippen molar-refractivity contribution in [2.24, 2.45) is 5.10 Å². The molecule has 0 N–H and O–H groups in total. The van der Waals surface area contributed by atoms with E-state index in [-0.39, 0.29) is 24.6 Å². The van der Waals surface area contributed by atoms with E-state index in [0.717, 1.165) is 43.0 Å². The summed E-state index contributed by atoms with van der Waals surface area (Å²) in [6.07, 6.45) is 4.59. The first-order valence-electron chi connectivity index (χ1n) is 9.59. The number of hydrogen-bond acceptors (Lipinski definition) is 5. The zero-order valence-electron chi connectivity index (χ0n) is 15.9. The Morgan fingerprint density at radius 1 is 1.32 bits per heavy atom. The molecule has 2 aromatic rings. The maximum Gasteiger partial charge on any atom is 0.257 e. The van der Waals surface area contributed by atoms with E-state index in [1.165, 1.54) is 0 Å². The van der Waals surface area contributed by atoms with Gasteiger partial charge in [-0.05, 0) is 49.7 Å². The number of amides is 1. The van der Waals surface area contributed by atoms with Crippen molar-refractivity contribution in [3.05, 3.63) is 59.0 Å². The summed E-state index contributed by atoms with van der Waals surface area (Å²) in [6, 6.07) is 11.0. The first-order chi connectivity index (χ1) is 13.6. The number of carbonyl (C=O) groups excluding carboxylic acids is 1. The summed E-state index contributed by atoms with van der Waals surface area (Å²) in [6.45, 7) is 1.85. The summed E-state index contributed by atoms with van der Waals surface area (Å²) in [7, 11) is 1.95. The highest BCUT2D eigenvalue weighted by Gasteiger charge is 2.35. The summed E-state index contributed by atoms with van der Waals surface area (Å²) in [5.41, 5.74) is 1.82. The molecule has 1 saturated heterocycles. The lowest BCUT2D eigenvalue weighted by molar-refractivity contribution is -0.134. The molecule has 3 heterocycles. The van der Waals surface area contributed by atoms with Gasteiger partial charge in [-0.3, -0.25) is 9.69 Å². The van der Waals surface area contributed by atoms with Crippen LogP contribution in [-0.4, -0.2) is 54.4 Å².